The number of pyridine rings is 1. The Morgan fingerprint density at radius 3 is 2.17 bits per heavy atom. The number of rotatable bonds is 6. The van der Waals surface area contributed by atoms with E-state index in [1.807, 2.05) is 54.6 Å². The number of aromatic nitrogens is 1. The number of benzene rings is 2. The number of hydrogen-bond donors (Lipinski definition) is 0. The summed E-state index contributed by atoms with van der Waals surface area (Å²) in [6.45, 7) is 1.29. The minimum absolute atomic E-state index is 0.00261. The Labute approximate surface area is 173 Å². The van der Waals surface area contributed by atoms with E-state index >= 15 is 0 Å². The highest BCUT2D eigenvalue weighted by Gasteiger charge is 2.20. The highest BCUT2D eigenvalue weighted by atomic mass is 16.7. The van der Waals surface area contributed by atoms with E-state index in [4.69, 9.17) is 18.9 Å². The summed E-state index contributed by atoms with van der Waals surface area (Å²) in [6.07, 6.45) is 1.99. The molecule has 7 nitrogen and oxygen atoms in total. The molecule has 0 atom stereocenters. The molecular formula is C23H20N2O5. The van der Waals surface area contributed by atoms with Crippen molar-refractivity contribution in [1.29, 1.82) is 0 Å². The molecule has 30 heavy (non-hydrogen) atoms. The number of amides is 1. The molecule has 1 amide bonds. The zero-order valence-electron chi connectivity index (χ0n) is 16.2. The highest BCUT2D eigenvalue weighted by Crippen LogP contribution is 2.34. The fourth-order valence-corrected chi connectivity index (χ4v) is 3.52. The second kappa shape index (κ2) is 7.94. The third-order valence-corrected chi connectivity index (χ3v) is 5.03. The van der Waals surface area contributed by atoms with Crippen LogP contribution < -0.4 is 18.9 Å². The molecule has 3 aromatic rings. The van der Waals surface area contributed by atoms with Crippen molar-refractivity contribution in [2.24, 2.45) is 0 Å². The quantitative estimate of drug-likeness (QED) is 0.628. The molecule has 2 aliphatic heterocycles. The fourth-order valence-electron chi connectivity index (χ4n) is 3.52. The predicted octanol–water partition coefficient (Wildman–Crippen LogP) is 3.31. The van der Waals surface area contributed by atoms with Crippen molar-refractivity contribution >= 4 is 5.91 Å². The molecule has 0 saturated carbocycles. The van der Waals surface area contributed by atoms with Gasteiger partial charge in [0.2, 0.25) is 19.5 Å². The lowest BCUT2D eigenvalue weighted by Crippen LogP contribution is -2.31. The average molecular weight is 404 g/mol. The molecular weight excluding hydrogens is 384 g/mol. The molecule has 0 aliphatic carbocycles. The Kier molecular flexibility index (Phi) is 4.85. The first-order valence-corrected chi connectivity index (χ1v) is 9.69. The Morgan fingerprint density at radius 1 is 0.800 bits per heavy atom. The molecule has 0 fully saturated rings. The van der Waals surface area contributed by atoms with Crippen molar-refractivity contribution < 1.29 is 23.7 Å². The lowest BCUT2D eigenvalue weighted by atomic mass is 10.1. The maximum absolute atomic E-state index is 13.2. The van der Waals surface area contributed by atoms with E-state index < -0.39 is 0 Å². The first-order chi connectivity index (χ1) is 14.7. The molecule has 7 heteroatoms. The normalized spacial score (nSPS) is 13.3. The fraction of sp³-hybridized carbons (Fsp3) is 0.217. The first-order valence-electron chi connectivity index (χ1n) is 9.69. The van der Waals surface area contributed by atoms with Crippen molar-refractivity contribution in [2.45, 2.75) is 19.5 Å². The number of carbonyl (C=O) groups excluding carboxylic acids is 1. The van der Waals surface area contributed by atoms with E-state index in [0.717, 1.165) is 22.6 Å². The van der Waals surface area contributed by atoms with Gasteiger partial charge in [-0.1, -0.05) is 18.2 Å². The smallest absolute Gasteiger partial charge is 0.231 e. The lowest BCUT2D eigenvalue weighted by molar-refractivity contribution is -0.131. The van der Waals surface area contributed by atoms with Gasteiger partial charge >= 0.3 is 0 Å². The molecule has 1 aromatic heterocycles. The van der Waals surface area contributed by atoms with E-state index in [2.05, 4.69) is 4.98 Å². The van der Waals surface area contributed by atoms with Gasteiger partial charge in [0.15, 0.2) is 23.0 Å². The molecule has 0 N–H and O–H groups in total. The number of carbonyl (C=O) groups is 1. The van der Waals surface area contributed by atoms with Crippen LogP contribution in [0.5, 0.6) is 23.0 Å². The molecule has 5 rings (SSSR count). The van der Waals surface area contributed by atoms with E-state index in [0.29, 0.717) is 30.3 Å². The summed E-state index contributed by atoms with van der Waals surface area (Å²) in [5.41, 5.74) is 2.67. The summed E-state index contributed by atoms with van der Waals surface area (Å²) in [6, 6.07) is 17.0. The van der Waals surface area contributed by atoms with Crippen LogP contribution in [0, 0.1) is 0 Å². The SMILES string of the molecule is O=C(Cc1ccc2c(c1)OCO2)N(Cc1ccc2c(c1)OCO2)Cc1ccccn1. The first kappa shape index (κ1) is 18.3. The average Bonchev–Trinajstić information content (AvgIpc) is 3.42. The number of ether oxygens (including phenoxy) is 4. The van der Waals surface area contributed by atoms with Gasteiger partial charge in [-0.15, -0.1) is 0 Å². The van der Waals surface area contributed by atoms with Crippen molar-refractivity contribution in [1.82, 2.24) is 9.88 Å². The molecule has 0 saturated heterocycles. The number of hydrogen-bond acceptors (Lipinski definition) is 6. The minimum atomic E-state index is -0.00261. The number of fused-ring (bicyclic) bond motifs is 2. The van der Waals surface area contributed by atoms with E-state index in [1.54, 1.807) is 11.1 Å². The van der Waals surface area contributed by atoms with Gasteiger partial charge in [0.25, 0.3) is 0 Å². The van der Waals surface area contributed by atoms with Gasteiger partial charge in [0.05, 0.1) is 18.7 Å². The minimum Gasteiger partial charge on any atom is -0.454 e. The highest BCUT2D eigenvalue weighted by molar-refractivity contribution is 5.79. The largest absolute Gasteiger partial charge is 0.454 e. The van der Waals surface area contributed by atoms with Crippen LogP contribution in [0.15, 0.2) is 60.8 Å². The standard InChI is InChI=1S/C23H20N2O5/c26-23(11-16-4-6-19-21(9-16)29-14-27-19)25(13-18-3-1-2-8-24-18)12-17-5-7-20-22(10-17)30-15-28-20/h1-10H,11-15H2. The van der Waals surface area contributed by atoms with Crippen LogP contribution in [0.25, 0.3) is 0 Å². The van der Waals surface area contributed by atoms with Crippen LogP contribution in [0.2, 0.25) is 0 Å². The lowest BCUT2D eigenvalue weighted by Gasteiger charge is -2.23. The second-order valence-corrected chi connectivity index (χ2v) is 7.12. The second-order valence-electron chi connectivity index (χ2n) is 7.12. The summed E-state index contributed by atoms with van der Waals surface area (Å²) in [7, 11) is 0. The third kappa shape index (κ3) is 3.87. The molecule has 2 aliphatic rings. The van der Waals surface area contributed by atoms with Gasteiger partial charge in [-0.2, -0.15) is 0 Å². The van der Waals surface area contributed by atoms with Crippen LogP contribution in [0.4, 0.5) is 0 Å². The molecule has 0 bridgehead atoms. The zero-order chi connectivity index (χ0) is 20.3. The summed E-state index contributed by atoms with van der Waals surface area (Å²) >= 11 is 0. The summed E-state index contributed by atoms with van der Waals surface area (Å²) in [5.74, 6) is 2.80. The topological polar surface area (TPSA) is 70.1 Å². The summed E-state index contributed by atoms with van der Waals surface area (Å²) in [4.78, 5) is 19.4. The molecule has 3 heterocycles. The third-order valence-electron chi connectivity index (χ3n) is 5.03. The predicted molar refractivity (Wildman–Crippen MR) is 107 cm³/mol. The molecule has 152 valence electrons. The monoisotopic (exact) mass is 404 g/mol. The van der Waals surface area contributed by atoms with Crippen LogP contribution in [0.1, 0.15) is 16.8 Å². The van der Waals surface area contributed by atoms with E-state index in [1.165, 1.54) is 0 Å². The molecule has 0 unspecified atom stereocenters. The van der Waals surface area contributed by atoms with Gasteiger partial charge < -0.3 is 23.8 Å². The van der Waals surface area contributed by atoms with Gasteiger partial charge in [-0.25, -0.2) is 0 Å². The maximum atomic E-state index is 13.2. The van der Waals surface area contributed by atoms with Crippen molar-refractivity contribution in [3.63, 3.8) is 0 Å². The molecule has 0 spiro atoms. The van der Waals surface area contributed by atoms with Gasteiger partial charge in [0.1, 0.15) is 0 Å². The maximum Gasteiger partial charge on any atom is 0.231 e. The Bertz CT molecular complexity index is 1070. The molecule has 0 radical (unpaired) electrons. The van der Waals surface area contributed by atoms with Crippen LogP contribution in [0.3, 0.4) is 0 Å². The van der Waals surface area contributed by atoms with Crippen molar-refractivity contribution in [3.05, 3.63) is 77.6 Å². The van der Waals surface area contributed by atoms with E-state index in [-0.39, 0.29) is 25.9 Å². The Hall–Kier alpha value is -3.74. The summed E-state index contributed by atoms with van der Waals surface area (Å²) < 4.78 is 21.6. The van der Waals surface area contributed by atoms with E-state index in [9.17, 15) is 4.79 Å². The van der Waals surface area contributed by atoms with Gasteiger partial charge in [-0.05, 0) is 47.5 Å². The van der Waals surface area contributed by atoms with Crippen molar-refractivity contribution in [2.75, 3.05) is 13.6 Å². The van der Waals surface area contributed by atoms with Crippen LogP contribution >= 0.6 is 0 Å². The zero-order valence-corrected chi connectivity index (χ0v) is 16.2. The molecule has 2 aromatic carbocycles. The summed E-state index contributed by atoms with van der Waals surface area (Å²) in [5, 5.41) is 0. The van der Waals surface area contributed by atoms with Crippen molar-refractivity contribution in [3.8, 4) is 23.0 Å². The number of nitrogens with zero attached hydrogens (tertiary/aromatic N) is 2. The Morgan fingerprint density at radius 2 is 1.47 bits per heavy atom. The Balaban J connectivity index is 1.36. The van der Waals surface area contributed by atoms with Gasteiger partial charge in [0, 0.05) is 12.7 Å². The van der Waals surface area contributed by atoms with Crippen LogP contribution in [-0.4, -0.2) is 29.4 Å². The van der Waals surface area contributed by atoms with Gasteiger partial charge in [-0.3, -0.25) is 9.78 Å². The van der Waals surface area contributed by atoms with Crippen LogP contribution in [-0.2, 0) is 24.3 Å².